The topological polar surface area (TPSA) is 58.4 Å². The summed E-state index contributed by atoms with van der Waals surface area (Å²) in [6, 6.07) is 7.81. The Morgan fingerprint density at radius 1 is 1.00 bits per heavy atom. The highest BCUT2D eigenvalue weighted by molar-refractivity contribution is 6.62. The first kappa shape index (κ1) is 16.0. The highest BCUT2D eigenvalue weighted by atomic mass is 16.7. The van der Waals surface area contributed by atoms with Crippen LogP contribution in [0.1, 0.15) is 27.7 Å². The van der Waals surface area contributed by atoms with Gasteiger partial charge < -0.3 is 14.0 Å². The fraction of sp³-hybridized carbons (Fsp3) is 0.500. The van der Waals surface area contributed by atoms with E-state index in [4.69, 9.17) is 14.0 Å². The SMILES string of the molecule is CC1(C)OB(c2ccc(OCCn3nccn3)cc2)OC1(C)C. The highest BCUT2D eigenvalue weighted by Gasteiger charge is 2.51. The van der Waals surface area contributed by atoms with Gasteiger partial charge in [-0.25, -0.2) is 0 Å². The van der Waals surface area contributed by atoms with Crippen molar-refractivity contribution >= 4 is 12.6 Å². The molecule has 0 spiro atoms. The number of aromatic nitrogens is 3. The van der Waals surface area contributed by atoms with E-state index in [1.165, 1.54) is 0 Å². The molecule has 0 atom stereocenters. The van der Waals surface area contributed by atoms with E-state index in [1.807, 2.05) is 52.0 Å². The number of nitrogens with zero attached hydrogens (tertiary/aromatic N) is 3. The zero-order chi connectivity index (χ0) is 16.5. The first-order valence-corrected chi connectivity index (χ1v) is 7.80. The van der Waals surface area contributed by atoms with Gasteiger partial charge in [0.15, 0.2) is 0 Å². The van der Waals surface area contributed by atoms with Crippen molar-refractivity contribution in [3.8, 4) is 5.75 Å². The van der Waals surface area contributed by atoms with Crippen molar-refractivity contribution in [1.82, 2.24) is 15.0 Å². The molecular weight excluding hydrogens is 293 g/mol. The Labute approximate surface area is 136 Å². The molecule has 3 rings (SSSR count). The zero-order valence-electron chi connectivity index (χ0n) is 14.0. The molecule has 2 heterocycles. The summed E-state index contributed by atoms with van der Waals surface area (Å²) in [6.45, 7) is 9.33. The average molecular weight is 315 g/mol. The van der Waals surface area contributed by atoms with Gasteiger partial charge in [0.05, 0.1) is 30.1 Å². The molecule has 7 heteroatoms. The summed E-state index contributed by atoms with van der Waals surface area (Å²) in [6.07, 6.45) is 3.30. The summed E-state index contributed by atoms with van der Waals surface area (Å²) in [5.74, 6) is 0.803. The molecule has 1 aromatic carbocycles. The lowest BCUT2D eigenvalue weighted by Crippen LogP contribution is -2.41. The Bertz CT molecular complexity index is 625. The molecule has 0 saturated carbocycles. The molecule has 1 saturated heterocycles. The molecule has 0 aliphatic carbocycles. The van der Waals surface area contributed by atoms with Crippen molar-refractivity contribution in [1.29, 1.82) is 0 Å². The van der Waals surface area contributed by atoms with Crippen LogP contribution in [-0.4, -0.2) is 39.9 Å². The molecule has 0 amide bonds. The summed E-state index contributed by atoms with van der Waals surface area (Å²) < 4.78 is 17.8. The van der Waals surface area contributed by atoms with Crippen molar-refractivity contribution in [3.05, 3.63) is 36.7 Å². The lowest BCUT2D eigenvalue weighted by molar-refractivity contribution is 0.00578. The number of hydrogen-bond donors (Lipinski definition) is 0. The van der Waals surface area contributed by atoms with Crippen LogP contribution in [0.3, 0.4) is 0 Å². The molecule has 0 N–H and O–H groups in total. The minimum Gasteiger partial charge on any atom is -0.492 e. The second-order valence-corrected chi connectivity index (χ2v) is 6.63. The van der Waals surface area contributed by atoms with Gasteiger partial charge >= 0.3 is 7.12 Å². The van der Waals surface area contributed by atoms with Crippen LogP contribution in [0.4, 0.5) is 0 Å². The molecule has 1 aliphatic rings. The average Bonchev–Trinajstić information content (AvgIpc) is 3.06. The van der Waals surface area contributed by atoms with Crippen molar-refractivity contribution in [3.63, 3.8) is 0 Å². The first-order valence-electron chi connectivity index (χ1n) is 7.80. The number of benzene rings is 1. The Morgan fingerprint density at radius 2 is 1.57 bits per heavy atom. The van der Waals surface area contributed by atoms with Gasteiger partial charge in [-0.2, -0.15) is 15.0 Å². The number of ether oxygens (including phenoxy) is 1. The Hall–Kier alpha value is -1.86. The Balaban J connectivity index is 1.57. The minimum absolute atomic E-state index is 0.330. The van der Waals surface area contributed by atoms with Crippen LogP contribution < -0.4 is 10.2 Å². The fourth-order valence-electron chi connectivity index (χ4n) is 2.30. The third kappa shape index (κ3) is 3.40. The molecular formula is C16H22BN3O3. The molecule has 0 bridgehead atoms. The number of hydrogen-bond acceptors (Lipinski definition) is 5. The van der Waals surface area contributed by atoms with Gasteiger partial charge in [-0.3, -0.25) is 0 Å². The van der Waals surface area contributed by atoms with Crippen molar-refractivity contribution in [2.45, 2.75) is 45.4 Å². The summed E-state index contributed by atoms with van der Waals surface area (Å²) in [5.41, 5.74) is 0.331. The molecule has 1 fully saturated rings. The summed E-state index contributed by atoms with van der Waals surface area (Å²) in [7, 11) is -0.345. The van der Waals surface area contributed by atoms with E-state index in [9.17, 15) is 0 Å². The van der Waals surface area contributed by atoms with E-state index < -0.39 is 0 Å². The van der Waals surface area contributed by atoms with Gasteiger partial charge in [-0.1, -0.05) is 12.1 Å². The lowest BCUT2D eigenvalue weighted by atomic mass is 9.79. The second-order valence-electron chi connectivity index (χ2n) is 6.63. The van der Waals surface area contributed by atoms with Gasteiger partial charge in [-0.05, 0) is 45.3 Å². The normalized spacial score (nSPS) is 19.0. The van der Waals surface area contributed by atoms with Crippen LogP contribution in [0, 0.1) is 0 Å². The largest absolute Gasteiger partial charge is 0.494 e. The van der Waals surface area contributed by atoms with Crippen molar-refractivity contribution in [2.75, 3.05) is 6.61 Å². The van der Waals surface area contributed by atoms with E-state index >= 15 is 0 Å². The molecule has 1 aliphatic heterocycles. The molecule has 2 aromatic rings. The summed E-state index contributed by atoms with van der Waals surface area (Å²) in [4.78, 5) is 1.60. The van der Waals surface area contributed by atoms with E-state index in [-0.39, 0.29) is 18.3 Å². The Morgan fingerprint density at radius 3 is 2.13 bits per heavy atom. The van der Waals surface area contributed by atoms with Crippen LogP contribution in [0.25, 0.3) is 0 Å². The van der Waals surface area contributed by atoms with Crippen LogP contribution in [0.2, 0.25) is 0 Å². The van der Waals surface area contributed by atoms with Crippen molar-refractivity contribution < 1.29 is 14.0 Å². The maximum Gasteiger partial charge on any atom is 0.494 e. The molecule has 0 radical (unpaired) electrons. The number of rotatable bonds is 5. The van der Waals surface area contributed by atoms with E-state index in [0.29, 0.717) is 13.2 Å². The summed E-state index contributed by atoms with van der Waals surface area (Å²) in [5, 5.41) is 8.07. The second kappa shape index (κ2) is 5.98. The van der Waals surface area contributed by atoms with Gasteiger partial charge in [0.25, 0.3) is 0 Å². The quantitative estimate of drug-likeness (QED) is 0.785. The molecule has 122 valence electrons. The minimum atomic E-state index is -0.345. The molecule has 23 heavy (non-hydrogen) atoms. The maximum absolute atomic E-state index is 6.04. The van der Waals surface area contributed by atoms with Crippen LogP contribution in [-0.2, 0) is 15.9 Å². The van der Waals surface area contributed by atoms with Crippen LogP contribution in [0.15, 0.2) is 36.7 Å². The van der Waals surface area contributed by atoms with Gasteiger partial charge in [-0.15, -0.1) is 0 Å². The predicted octanol–water partition coefficient (Wildman–Crippen LogP) is 1.66. The third-order valence-corrected chi connectivity index (χ3v) is 4.43. The Kier molecular flexibility index (Phi) is 4.16. The molecule has 1 aromatic heterocycles. The van der Waals surface area contributed by atoms with E-state index in [0.717, 1.165) is 11.2 Å². The predicted molar refractivity (Wildman–Crippen MR) is 87.7 cm³/mol. The third-order valence-electron chi connectivity index (χ3n) is 4.43. The monoisotopic (exact) mass is 315 g/mol. The molecule has 6 nitrogen and oxygen atoms in total. The standard InChI is InChI=1S/C16H22BN3O3/c1-15(2)16(3,4)23-17(22-15)13-5-7-14(8-6-13)21-12-11-20-18-9-10-19-20/h5-10H,11-12H2,1-4H3. The maximum atomic E-state index is 6.04. The van der Waals surface area contributed by atoms with Gasteiger partial charge in [0.1, 0.15) is 12.4 Å². The summed E-state index contributed by atoms with van der Waals surface area (Å²) >= 11 is 0. The zero-order valence-corrected chi connectivity index (χ0v) is 14.0. The van der Waals surface area contributed by atoms with Crippen LogP contribution in [0.5, 0.6) is 5.75 Å². The van der Waals surface area contributed by atoms with E-state index in [1.54, 1.807) is 17.2 Å². The smallest absolute Gasteiger partial charge is 0.492 e. The van der Waals surface area contributed by atoms with Gasteiger partial charge in [0, 0.05) is 0 Å². The van der Waals surface area contributed by atoms with Gasteiger partial charge in [0.2, 0.25) is 0 Å². The van der Waals surface area contributed by atoms with E-state index in [2.05, 4.69) is 10.2 Å². The molecule has 0 unspecified atom stereocenters. The lowest BCUT2D eigenvalue weighted by Gasteiger charge is -2.32. The first-order chi connectivity index (χ1) is 10.9. The fourth-order valence-corrected chi connectivity index (χ4v) is 2.30. The van der Waals surface area contributed by atoms with Crippen LogP contribution >= 0.6 is 0 Å². The van der Waals surface area contributed by atoms with Crippen molar-refractivity contribution in [2.24, 2.45) is 0 Å². The highest BCUT2D eigenvalue weighted by Crippen LogP contribution is 2.36.